The number of ether oxygens (including phenoxy) is 1. The highest BCUT2D eigenvalue weighted by Gasteiger charge is 2.27. The first-order chi connectivity index (χ1) is 15.4. The fraction of sp³-hybridized carbons (Fsp3) is 0.423. The summed E-state index contributed by atoms with van der Waals surface area (Å²) < 4.78 is 10.7. The van der Waals surface area contributed by atoms with E-state index in [1.807, 2.05) is 43.9 Å². The van der Waals surface area contributed by atoms with Gasteiger partial charge in [-0.15, -0.1) is 0 Å². The molecule has 1 fully saturated rings. The van der Waals surface area contributed by atoms with Crippen molar-refractivity contribution < 1.29 is 14.1 Å². The van der Waals surface area contributed by atoms with Crippen LogP contribution in [0.1, 0.15) is 58.3 Å². The first-order valence-corrected chi connectivity index (χ1v) is 11.2. The van der Waals surface area contributed by atoms with E-state index in [9.17, 15) is 4.79 Å². The van der Waals surface area contributed by atoms with Crippen LogP contribution >= 0.6 is 0 Å². The number of benzene rings is 1. The Hall–Kier alpha value is -3.15. The summed E-state index contributed by atoms with van der Waals surface area (Å²) in [7, 11) is 1.71. The minimum atomic E-state index is 0.131. The molecule has 4 rings (SSSR count). The molecule has 0 aliphatic carbocycles. The van der Waals surface area contributed by atoms with Crippen LogP contribution in [0.2, 0.25) is 0 Å². The average Bonchev–Trinajstić information content (AvgIpc) is 3.11. The van der Waals surface area contributed by atoms with E-state index in [-0.39, 0.29) is 11.8 Å². The van der Waals surface area contributed by atoms with Gasteiger partial charge in [-0.1, -0.05) is 23.4 Å². The van der Waals surface area contributed by atoms with Crippen LogP contribution < -0.4 is 4.74 Å². The molecule has 0 radical (unpaired) electrons. The summed E-state index contributed by atoms with van der Waals surface area (Å²) in [5, 5.41) is 3.98. The second-order valence-electron chi connectivity index (χ2n) is 8.69. The molecule has 0 unspecified atom stereocenters. The highest BCUT2D eigenvalue weighted by atomic mass is 16.5. The third-order valence-electron chi connectivity index (χ3n) is 6.32. The zero-order valence-electron chi connectivity index (χ0n) is 19.4. The maximum absolute atomic E-state index is 13.0. The Bertz CT molecular complexity index is 1090. The zero-order chi connectivity index (χ0) is 22.7. The number of rotatable bonds is 6. The maximum atomic E-state index is 13.0. The minimum absolute atomic E-state index is 0.131. The van der Waals surface area contributed by atoms with Gasteiger partial charge in [0.1, 0.15) is 11.5 Å². The molecule has 3 heterocycles. The van der Waals surface area contributed by atoms with Crippen molar-refractivity contribution in [2.75, 3.05) is 20.2 Å². The van der Waals surface area contributed by atoms with Crippen LogP contribution in [-0.2, 0) is 17.6 Å². The number of aryl methyl sites for hydroxylation is 3. The molecule has 0 spiro atoms. The molecule has 32 heavy (non-hydrogen) atoms. The van der Waals surface area contributed by atoms with E-state index < -0.39 is 0 Å². The summed E-state index contributed by atoms with van der Waals surface area (Å²) in [5.74, 6) is 2.00. The van der Waals surface area contributed by atoms with Crippen molar-refractivity contribution in [2.24, 2.45) is 0 Å². The standard InChI is InChI=1S/C26H31N3O3/c1-17-12-20(13-21-8-5-6-10-25(21)31-4)14-24(27-17)22-9-7-11-29(16-22)26(30)15-23-18(2)28-32-19(23)3/h5-6,8,10,12,14,22H,7,9,11,13,15-16H2,1-4H3/t22-/m0/s1. The fourth-order valence-electron chi connectivity index (χ4n) is 4.61. The number of carbonyl (C=O) groups excluding carboxylic acids is 1. The summed E-state index contributed by atoms with van der Waals surface area (Å²) in [6, 6.07) is 12.5. The third kappa shape index (κ3) is 4.85. The van der Waals surface area contributed by atoms with Gasteiger partial charge in [0.05, 0.1) is 19.2 Å². The van der Waals surface area contributed by atoms with Gasteiger partial charge in [-0.2, -0.15) is 0 Å². The van der Waals surface area contributed by atoms with Crippen LogP contribution in [0.15, 0.2) is 40.9 Å². The number of carbonyl (C=O) groups is 1. The Morgan fingerprint density at radius 2 is 2.03 bits per heavy atom. The smallest absolute Gasteiger partial charge is 0.227 e. The lowest BCUT2D eigenvalue weighted by Gasteiger charge is -2.33. The molecule has 0 bridgehead atoms. The third-order valence-corrected chi connectivity index (χ3v) is 6.32. The summed E-state index contributed by atoms with van der Waals surface area (Å²) >= 11 is 0. The van der Waals surface area contributed by atoms with Gasteiger partial charge in [0.15, 0.2) is 0 Å². The Morgan fingerprint density at radius 1 is 1.22 bits per heavy atom. The maximum Gasteiger partial charge on any atom is 0.227 e. The van der Waals surface area contributed by atoms with E-state index in [0.29, 0.717) is 13.0 Å². The molecule has 2 aromatic heterocycles. The Balaban J connectivity index is 1.50. The Morgan fingerprint density at radius 3 is 2.78 bits per heavy atom. The highest BCUT2D eigenvalue weighted by molar-refractivity contribution is 5.79. The van der Waals surface area contributed by atoms with Crippen LogP contribution in [-0.4, -0.2) is 41.1 Å². The first kappa shape index (κ1) is 22.1. The topological polar surface area (TPSA) is 68.5 Å². The number of hydrogen-bond acceptors (Lipinski definition) is 5. The van der Waals surface area contributed by atoms with Gasteiger partial charge < -0.3 is 14.2 Å². The van der Waals surface area contributed by atoms with E-state index in [1.165, 1.54) is 5.56 Å². The number of likely N-dealkylation sites (tertiary alicyclic amines) is 1. The van der Waals surface area contributed by atoms with Crippen LogP contribution in [0.3, 0.4) is 0 Å². The van der Waals surface area contributed by atoms with Gasteiger partial charge in [-0.05, 0) is 62.9 Å². The minimum Gasteiger partial charge on any atom is -0.496 e. The van der Waals surface area contributed by atoms with Crippen LogP contribution in [0, 0.1) is 20.8 Å². The molecule has 1 aromatic carbocycles. The van der Waals surface area contributed by atoms with E-state index in [0.717, 1.165) is 65.5 Å². The summed E-state index contributed by atoms with van der Waals surface area (Å²) in [4.78, 5) is 19.8. The van der Waals surface area contributed by atoms with Crippen molar-refractivity contribution in [2.45, 2.75) is 52.4 Å². The number of piperidine rings is 1. The fourth-order valence-corrected chi connectivity index (χ4v) is 4.61. The number of methoxy groups -OCH3 is 1. The van der Waals surface area contributed by atoms with Gasteiger partial charge >= 0.3 is 0 Å². The van der Waals surface area contributed by atoms with Crippen LogP contribution in [0.4, 0.5) is 0 Å². The van der Waals surface area contributed by atoms with Gasteiger partial charge in [-0.25, -0.2) is 0 Å². The number of para-hydroxylation sites is 1. The van der Waals surface area contributed by atoms with Crippen molar-refractivity contribution >= 4 is 5.91 Å². The van der Waals surface area contributed by atoms with Gasteiger partial charge in [0.25, 0.3) is 0 Å². The largest absolute Gasteiger partial charge is 0.496 e. The van der Waals surface area contributed by atoms with E-state index in [4.69, 9.17) is 14.2 Å². The molecular weight excluding hydrogens is 402 g/mol. The second kappa shape index (κ2) is 9.55. The predicted octanol–water partition coefficient (Wildman–Crippen LogP) is 4.54. The average molecular weight is 434 g/mol. The molecular formula is C26H31N3O3. The molecule has 1 aliphatic heterocycles. The van der Waals surface area contributed by atoms with E-state index in [1.54, 1.807) is 7.11 Å². The zero-order valence-corrected chi connectivity index (χ0v) is 19.4. The van der Waals surface area contributed by atoms with Crippen molar-refractivity contribution in [1.82, 2.24) is 15.0 Å². The second-order valence-corrected chi connectivity index (χ2v) is 8.69. The molecule has 6 nitrogen and oxygen atoms in total. The number of aromatic nitrogens is 2. The lowest BCUT2D eigenvalue weighted by atomic mass is 9.92. The lowest BCUT2D eigenvalue weighted by Crippen LogP contribution is -2.40. The van der Waals surface area contributed by atoms with Gasteiger partial charge in [0, 0.05) is 42.4 Å². The van der Waals surface area contributed by atoms with Gasteiger partial charge in [-0.3, -0.25) is 9.78 Å². The molecule has 1 aliphatic rings. The van der Waals surface area contributed by atoms with E-state index >= 15 is 0 Å². The van der Waals surface area contributed by atoms with Crippen LogP contribution in [0.5, 0.6) is 5.75 Å². The number of hydrogen-bond donors (Lipinski definition) is 0. The Labute approximate surface area is 189 Å². The van der Waals surface area contributed by atoms with Gasteiger partial charge in [0.2, 0.25) is 5.91 Å². The van der Waals surface area contributed by atoms with Crippen LogP contribution in [0.25, 0.3) is 0 Å². The molecule has 1 atom stereocenters. The monoisotopic (exact) mass is 433 g/mol. The van der Waals surface area contributed by atoms with Crippen molar-refractivity contribution in [3.63, 3.8) is 0 Å². The summed E-state index contributed by atoms with van der Waals surface area (Å²) in [6.07, 6.45) is 3.16. The van der Waals surface area contributed by atoms with E-state index in [2.05, 4.69) is 23.4 Å². The number of pyridine rings is 1. The molecule has 3 aromatic rings. The number of nitrogens with zero attached hydrogens (tertiary/aromatic N) is 3. The molecule has 0 saturated carbocycles. The molecule has 6 heteroatoms. The predicted molar refractivity (Wildman–Crippen MR) is 123 cm³/mol. The molecule has 168 valence electrons. The first-order valence-electron chi connectivity index (χ1n) is 11.2. The normalized spacial score (nSPS) is 16.2. The number of amides is 1. The summed E-state index contributed by atoms with van der Waals surface area (Å²) in [5.41, 5.74) is 6.16. The molecule has 1 saturated heterocycles. The Kier molecular flexibility index (Phi) is 6.58. The van der Waals surface area contributed by atoms with Crippen molar-refractivity contribution in [3.05, 3.63) is 75.9 Å². The lowest BCUT2D eigenvalue weighted by molar-refractivity contribution is -0.131. The van der Waals surface area contributed by atoms with Crippen molar-refractivity contribution in [1.29, 1.82) is 0 Å². The molecule has 0 N–H and O–H groups in total. The quantitative estimate of drug-likeness (QED) is 0.571. The highest BCUT2D eigenvalue weighted by Crippen LogP contribution is 2.29. The van der Waals surface area contributed by atoms with Crippen molar-refractivity contribution in [3.8, 4) is 5.75 Å². The summed E-state index contributed by atoms with van der Waals surface area (Å²) in [6.45, 7) is 7.28. The SMILES string of the molecule is COc1ccccc1Cc1cc(C)nc([C@H]2CCCN(C(=O)Cc3c(C)noc3C)C2)c1. The molecule has 1 amide bonds.